The first kappa shape index (κ1) is 67.2. The van der Waals surface area contributed by atoms with Crippen LogP contribution in [0.2, 0.25) is 0 Å². The van der Waals surface area contributed by atoms with E-state index in [1.54, 1.807) is 59.8 Å². The zero-order valence-electron chi connectivity index (χ0n) is 48.5. The van der Waals surface area contributed by atoms with Crippen LogP contribution < -0.4 is 0 Å². The molecule has 9 N–H and O–H groups in total. The smallest absolute Gasteiger partial charge is 0.334 e. The van der Waals surface area contributed by atoms with Gasteiger partial charge in [-0.25, -0.2) is 4.79 Å². The number of ether oxygens (including phenoxy) is 12. The van der Waals surface area contributed by atoms with Crippen LogP contribution in [-0.4, -0.2) is 227 Å². The van der Waals surface area contributed by atoms with Crippen LogP contribution in [-0.2, 0) is 61.6 Å². The maximum atomic E-state index is 14.1. The van der Waals surface area contributed by atoms with E-state index in [0.717, 1.165) is 5.57 Å². The van der Waals surface area contributed by atoms with E-state index >= 15 is 0 Å². The van der Waals surface area contributed by atoms with Gasteiger partial charge in [0.1, 0.15) is 48.8 Å². The Hall–Kier alpha value is -2.63. The van der Waals surface area contributed by atoms with E-state index in [-0.39, 0.29) is 50.2 Å². The van der Waals surface area contributed by atoms with Crippen molar-refractivity contribution < 1.29 is 108 Å². The lowest BCUT2D eigenvalue weighted by Gasteiger charge is -2.52. The molecule has 0 aromatic carbocycles. The van der Waals surface area contributed by atoms with E-state index in [2.05, 4.69) is 0 Å². The minimum absolute atomic E-state index is 0.00896. The van der Waals surface area contributed by atoms with Crippen molar-refractivity contribution in [2.75, 3.05) is 35.0 Å². The average molecular weight is 1130 g/mol. The minimum atomic E-state index is -2.72. The predicted octanol–water partition coefficient (Wildman–Crippen LogP) is 2.17. The van der Waals surface area contributed by atoms with Gasteiger partial charge in [0.05, 0.1) is 67.1 Å². The first-order valence-electron chi connectivity index (χ1n) is 27.6. The Morgan fingerprint density at radius 1 is 0.759 bits per heavy atom. The lowest BCUT2D eigenvalue weighted by atomic mass is 9.76. The molecule has 0 aromatic rings. The number of rotatable bonds is 15. The highest BCUT2D eigenvalue weighted by Gasteiger charge is 2.59. The second-order valence-corrected chi connectivity index (χ2v) is 22.6. The third-order valence-corrected chi connectivity index (χ3v) is 16.2. The van der Waals surface area contributed by atoms with Crippen LogP contribution in [0.1, 0.15) is 101 Å². The molecule has 79 heavy (non-hydrogen) atoms. The van der Waals surface area contributed by atoms with Crippen LogP contribution in [0.4, 0.5) is 0 Å². The van der Waals surface area contributed by atoms with Crippen LogP contribution in [0.15, 0.2) is 59.3 Å². The largest absolute Gasteiger partial charge is 0.453 e. The monoisotopic (exact) mass is 1130 g/mol. The molecule has 5 heterocycles. The highest BCUT2D eigenvalue weighted by Crippen LogP contribution is 2.43. The van der Waals surface area contributed by atoms with Crippen molar-refractivity contribution in [3.63, 3.8) is 0 Å². The average Bonchev–Trinajstić information content (AvgIpc) is 3.39. The number of methoxy groups -OCH3 is 4. The minimum Gasteiger partial charge on any atom is -0.453 e. The molecule has 22 heteroatoms. The Morgan fingerprint density at radius 2 is 1.43 bits per heavy atom. The summed E-state index contributed by atoms with van der Waals surface area (Å²) in [6, 6.07) is 0. The van der Waals surface area contributed by atoms with Gasteiger partial charge in [-0.05, 0) is 67.4 Å². The van der Waals surface area contributed by atoms with Gasteiger partial charge in [0.2, 0.25) is 5.79 Å². The van der Waals surface area contributed by atoms with Crippen molar-refractivity contribution in [2.24, 2.45) is 17.8 Å². The number of carbonyl (C=O) groups is 1. The predicted molar refractivity (Wildman–Crippen MR) is 284 cm³/mol. The maximum Gasteiger partial charge on any atom is 0.334 e. The van der Waals surface area contributed by atoms with E-state index in [0.29, 0.717) is 5.57 Å². The molecule has 0 bridgehead atoms. The quantitative estimate of drug-likeness (QED) is 0.106. The molecule has 26 atom stereocenters. The number of esters is 1. The van der Waals surface area contributed by atoms with Crippen molar-refractivity contribution in [1.29, 1.82) is 0 Å². The zero-order valence-corrected chi connectivity index (χ0v) is 48.5. The van der Waals surface area contributed by atoms with Crippen molar-refractivity contribution in [3.8, 4) is 0 Å². The molecule has 4 saturated heterocycles. The van der Waals surface area contributed by atoms with Crippen LogP contribution >= 0.6 is 0 Å². The highest BCUT2D eigenvalue weighted by atomic mass is 16.7. The lowest BCUT2D eigenvalue weighted by molar-refractivity contribution is -0.369. The molecule has 4 fully saturated rings. The lowest BCUT2D eigenvalue weighted by Crippen LogP contribution is -2.68. The molecular formula is C57H94O22. The molecule has 0 amide bonds. The molecule has 0 spiro atoms. The van der Waals surface area contributed by atoms with Crippen LogP contribution in [0.3, 0.4) is 0 Å². The van der Waals surface area contributed by atoms with Crippen LogP contribution in [0.25, 0.3) is 0 Å². The van der Waals surface area contributed by atoms with Gasteiger partial charge in [-0.15, -0.1) is 0 Å². The van der Waals surface area contributed by atoms with Gasteiger partial charge < -0.3 is 103 Å². The van der Waals surface area contributed by atoms with Gasteiger partial charge in [-0.1, -0.05) is 68.4 Å². The van der Waals surface area contributed by atoms with E-state index in [4.69, 9.17) is 56.8 Å². The fourth-order valence-electron chi connectivity index (χ4n) is 11.3. The number of cyclic esters (lactones) is 1. The Labute approximate surface area is 465 Å². The number of hydrogen-bond acceptors (Lipinski definition) is 22. The summed E-state index contributed by atoms with van der Waals surface area (Å²) in [5.41, 5.74) is -0.128. The summed E-state index contributed by atoms with van der Waals surface area (Å²) in [4.78, 5) is 14.1. The maximum absolute atomic E-state index is 14.1. The van der Waals surface area contributed by atoms with Crippen molar-refractivity contribution in [1.82, 2.24) is 0 Å². The van der Waals surface area contributed by atoms with Crippen molar-refractivity contribution in [2.45, 2.75) is 241 Å². The van der Waals surface area contributed by atoms with E-state index < -0.39 is 158 Å². The van der Waals surface area contributed by atoms with Crippen LogP contribution in [0.5, 0.6) is 0 Å². The van der Waals surface area contributed by atoms with Gasteiger partial charge in [0.25, 0.3) is 0 Å². The van der Waals surface area contributed by atoms with Gasteiger partial charge in [-0.2, -0.15) is 0 Å². The van der Waals surface area contributed by atoms with Gasteiger partial charge >= 0.3 is 5.97 Å². The summed E-state index contributed by atoms with van der Waals surface area (Å²) in [6.07, 6.45) is -11.1. The number of allylic oxidation sites excluding steroid dienone is 7. The molecule has 0 aliphatic carbocycles. The second-order valence-electron chi connectivity index (χ2n) is 22.6. The van der Waals surface area contributed by atoms with Gasteiger partial charge in [-0.3, -0.25) is 0 Å². The number of aliphatic hydroxyl groups is 9. The molecule has 5 aliphatic heterocycles. The number of hydrogen-bond donors (Lipinski definition) is 9. The Balaban J connectivity index is 1.38. The summed E-state index contributed by atoms with van der Waals surface area (Å²) in [5, 5.41) is 105. The van der Waals surface area contributed by atoms with Gasteiger partial charge in [0.15, 0.2) is 25.0 Å². The third-order valence-electron chi connectivity index (χ3n) is 16.2. The van der Waals surface area contributed by atoms with Gasteiger partial charge in [0, 0.05) is 71.0 Å². The molecule has 0 unspecified atom stereocenters. The molecule has 22 nitrogen and oxygen atoms in total. The normalized spacial score (nSPS) is 47.2. The Bertz CT molecular complexity index is 2060. The first-order chi connectivity index (χ1) is 37.1. The fourth-order valence-corrected chi connectivity index (χ4v) is 11.3. The SMILES string of the molecule is COC[C@@H](C[C@H]1O[C@@](O)([C@H](O)[C@H]2OC(=O)/C(C)=C/C(C)=C/C=C/[C@@H](C)[C@H](O[C@@H]3O[C@@H](C)[C@H](OC)[C@@H](O)[C@@H]3O)/C=C/C(C)=C/CC[C@H](O)[C@@H](OC)[C@@H]2O)[C@H](C)[C@@H](O)[C@H]1C)O[C@H]1C[C@](C)(O)[C@@H](O[C@H]2C[C@@H](OC)[C@H](O)[C@@H](C)O2)[C@H](C)O1. The fraction of sp³-hybridized carbons (Fsp3) is 0.807. The molecule has 0 aromatic heterocycles. The third kappa shape index (κ3) is 16.8. The summed E-state index contributed by atoms with van der Waals surface area (Å²) in [7, 11) is 5.59. The molecular weight excluding hydrogens is 1040 g/mol. The van der Waals surface area contributed by atoms with Crippen LogP contribution in [0, 0.1) is 17.8 Å². The summed E-state index contributed by atoms with van der Waals surface area (Å²) in [5.74, 6) is -6.01. The van der Waals surface area contributed by atoms with Crippen molar-refractivity contribution in [3.05, 3.63) is 59.3 Å². The van der Waals surface area contributed by atoms with E-state index in [9.17, 15) is 50.8 Å². The van der Waals surface area contributed by atoms with E-state index in [1.165, 1.54) is 48.4 Å². The molecule has 0 radical (unpaired) electrons. The Kier molecular flexibility index (Phi) is 25.3. The second kappa shape index (κ2) is 29.8. The molecule has 5 rings (SSSR count). The first-order valence-corrected chi connectivity index (χ1v) is 27.6. The topological polar surface area (TPSA) is 310 Å². The number of aliphatic hydroxyl groups excluding tert-OH is 7. The number of carbonyl (C=O) groups excluding carboxylic acids is 1. The summed E-state index contributed by atoms with van der Waals surface area (Å²) in [6.45, 7) is 16.8. The zero-order chi connectivity index (χ0) is 58.8. The summed E-state index contributed by atoms with van der Waals surface area (Å²) < 4.78 is 71.4. The van der Waals surface area contributed by atoms with Crippen molar-refractivity contribution >= 4 is 5.97 Å². The molecule has 454 valence electrons. The Morgan fingerprint density at radius 3 is 2.06 bits per heavy atom. The van der Waals surface area contributed by atoms with E-state index in [1.807, 2.05) is 32.1 Å². The molecule has 5 aliphatic rings. The molecule has 0 saturated carbocycles. The standard InChI is InChI=1S/C57H94O22/c1-28-17-16-20-38(58)50(71-14)48(63)51(78-54(65)31(4)23-29(2)18-15-19-30(3)39(22-21-28)76-55-47(62)46(61)49(70-13)35(8)74-55)52(64)57(67)33(6)44(59)32(5)40(79-57)24-37(27-68-11)75-43-26-56(10,66)53(36(9)73-43)77-42-25-41(69-12)45(60)34(7)72-42/h15,17-19,21-23,30,32-53,55,58-64,66-67H,16,20,24-27H2,1-14H3/b19-15+,22-21+,28-17+,29-18+,31-23+/t30-,32+,33-,34-,35+,36+,37-,38+,39-,40-,41-,42+,43+,44+,45-,46+,47+,48+,49+,50-,51+,52-,53+,55+,56+,57-/m1/s1. The highest BCUT2D eigenvalue weighted by molar-refractivity contribution is 5.88. The summed E-state index contributed by atoms with van der Waals surface area (Å²) >= 11 is 0.